The molecular weight excluding hydrogens is 422 g/mol. The van der Waals surface area contributed by atoms with Crippen LogP contribution in [0.5, 0.6) is 0 Å². The van der Waals surface area contributed by atoms with Crippen molar-refractivity contribution in [2.45, 2.75) is 25.3 Å². The molecule has 3 amide bonds. The van der Waals surface area contributed by atoms with E-state index >= 15 is 0 Å². The van der Waals surface area contributed by atoms with Crippen molar-refractivity contribution in [2.75, 3.05) is 13.1 Å². The molecule has 2 aliphatic rings. The maximum absolute atomic E-state index is 13.1. The maximum Gasteiger partial charge on any atom is 0.294 e. The summed E-state index contributed by atoms with van der Waals surface area (Å²) in [4.78, 5) is 45.5. The van der Waals surface area contributed by atoms with Gasteiger partial charge in [0.2, 0.25) is 5.91 Å². The molecule has 0 bridgehead atoms. The second-order valence-electron chi connectivity index (χ2n) is 7.17. The van der Waals surface area contributed by atoms with E-state index in [1.165, 1.54) is 0 Å². The first-order valence-corrected chi connectivity index (χ1v) is 10.9. The zero-order chi connectivity index (χ0) is 21.1. The van der Waals surface area contributed by atoms with Crippen LogP contribution < -0.4 is 0 Å². The van der Waals surface area contributed by atoms with Crippen molar-refractivity contribution in [2.24, 2.45) is 0 Å². The fraction of sp³-hybridized carbons (Fsp3) is 0.273. The largest absolute Gasteiger partial charge is 0.334 e. The lowest BCUT2D eigenvalue weighted by Crippen LogP contribution is -2.45. The molecule has 8 heteroatoms. The summed E-state index contributed by atoms with van der Waals surface area (Å²) in [6.45, 7) is 0.339. The van der Waals surface area contributed by atoms with Crippen molar-refractivity contribution in [3.05, 3.63) is 69.8 Å². The summed E-state index contributed by atoms with van der Waals surface area (Å²) < 4.78 is 0. The van der Waals surface area contributed by atoms with Crippen LogP contribution in [0, 0.1) is 0 Å². The van der Waals surface area contributed by atoms with E-state index in [4.69, 9.17) is 11.6 Å². The van der Waals surface area contributed by atoms with Crippen LogP contribution in [0.4, 0.5) is 4.79 Å². The van der Waals surface area contributed by atoms with Gasteiger partial charge in [-0.25, -0.2) is 0 Å². The smallest absolute Gasteiger partial charge is 0.294 e. The molecule has 0 saturated carbocycles. The van der Waals surface area contributed by atoms with Crippen LogP contribution in [0.1, 0.15) is 36.4 Å². The summed E-state index contributed by atoms with van der Waals surface area (Å²) in [6.07, 6.45) is 7.82. The van der Waals surface area contributed by atoms with Crippen molar-refractivity contribution in [3.63, 3.8) is 0 Å². The fourth-order valence-corrected chi connectivity index (χ4v) is 4.76. The van der Waals surface area contributed by atoms with E-state index in [-0.39, 0.29) is 23.4 Å². The molecule has 2 aliphatic heterocycles. The van der Waals surface area contributed by atoms with Gasteiger partial charge in [-0.2, -0.15) is 0 Å². The molecule has 2 fully saturated rings. The summed E-state index contributed by atoms with van der Waals surface area (Å²) in [6, 6.07) is 10.8. The first-order valence-electron chi connectivity index (χ1n) is 9.74. The van der Waals surface area contributed by atoms with Crippen molar-refractivity contribution in [1.82, 2.24) is 14.8 Å². The molecule has 1 atom stereocenters. The Balaban J connectivity index is 1.50. The predicted molar refractivity (Wildman–Crippen MR) is 117 cm³/mol. The van der Waals surface area contributed by atoms with Crippen molar-refractivity contribution < 1.29 is 14.4 Å². The number of pyridine rings is 1. The molecule has 4 rings (SSSR count). The van der Waals surface area contributed by atoms with E-state index in [9.17, 15) is 14.4 Å². The number of amides is 3. The van der Waals surface area contributed by atoms with Crippen molar-refractivity contribution in [1.29, 1.82) is 0 Å². The predicted octanol–water partition coefficient (Wildman–Crippen LogP) is 4.53. The number of piperidine rings is 1. The minimum atomic E-state index is -0.465. The molecule has 0 radical (unpaired) electrons. The second kappa shape index (κ2) is 9.02. The Hall–Kier alpha value is -2.64. The molecule has 1 aromatic heterocycles. The number of carbonyl (C=O) groups excluding carboxylic acids is 3. The summed E-state index contributed by atoms with van der Waals surface area (Å²) in [5.74, 6) is -0.696. The van der Waals surface area contributed by atoms with Crippen LogP contribution in [0.3, 0.4) is 0 Å². The third-order valence-electron chi connectivity index (χ3n) is 5.25. The number of hydrogen-bond acceptors (Lipinski definition) is 5. The Bertz CT molecular complexity index is 1010. The number of carbonyl (C=O) groups is 3. The number of benzene rings is 1. The van der Waals surface area contributed by atoms with Crippen LogP contribution >= 0.6 is 23.4 Å². The molecule has 0 aliphatic carbocycles. The molecule has 154 valence electrons. The Morgan fingerprint density at radius 1 is 1.20 bits per heavy atom. The molecule has 0 spiro atoms. The molecule has 30 heavy (non-hydrogen) atoms. The van der Waals surface area contributed by atoms with Crippen molar-refractivity contribution >= 4 is 46.5 Å². The Labute approximate surface area is 183 Å². The van der Waals surface area contributed by atoms with Gasteiger partial charge in [-0.15, -0.1) is 0 Å². The van der Waals surface area contributed by atoms with Gasteiger partial charge < -0.3 is 4.90 Å². The quantitative estimate of drug-likeness (QED) is 0.652. The number of halogens is 1. The molecule has 2 aromatic rings. The van der Waals surface area contributed by atoms with Crippen LogP contribution in [0.2, 0.25) is 5.02 Å². The molecule has 0 N–H and O–H groups in total. The van der Waals surface area contributed by atoms with Gasteiger partial charge >= 0.3 is 0 Å². The van der Waals surface area contributed by atoms with Crippen molar-refractivity contribution in [3.8, 4) is 0 Å². The number of rotatable bonds is 4. The van der Waals surface area contributed by atoms with Crippen LogP contribution in [0.15, 0.2) is 53.7 Å². The fourth-order valence-electron chi connectivity index (χ4n) is 3.75. The van der Waals surface area contributed by atoms with Gasteiger partial charge in [0, 0.05) is 24.0 Å². The molecule has 1 unspecified atom stereocenters. The van der Waals surface area contributed by atoms with Crippen LogP contribution in [-0.2, 0) is 9.59 Å². The van der Waals surface area contributed by atoms with Gasteiger partial charge in [-0.1, -0.05) is 35.9 Å². The van der Waals surface area contributed by atoms with E-state index in [2.05, 4.69) is 4.98 Å². The third kappa shape index (κ3) is 4.27. The summed E-state index contributed by atoms with van der Waals surface area (Å²) in [5.41, 5.74) is 1.63. The monoisotopic (exact) mass is 441 g/mol. The third-order valence-corrected chi connectivity index (χ3v) is 6.50. The van der Waals surface area contributed by atoms with E-state index in [1.807, 2.05) is 12.1 Å². The molecule has 1 aromatic carbocycles. The average molecular weight is 442 g/mol. The molecule has 6 nitrogen and oxygen atoms in total. The van der Waals surface area contributed by atoms with Gasteiger partial charge in [0.25, 0.3) is 11.1 Å². The zero-order valence-corrected chi connectivity index (χ0v) is 17.7. The van der Waals surface area contributed by atoms with E-state index in [0.717, 1.165) is 41.5 Å². The Morgan fingerprint density at radius 3 is 2.80 bits per heavy atom. The first-order chi connectivity index (χ1) is 14.5. The molecule has 2 saturated heterocycles. The standard InChI is InChI=1S/C22H20ClN3O3S/c23-17-8-2-1-6-15(17)12-19-21(28)26(22(29)30-19)14-20(27)25-11-4-3-9-18(25)16-7-5-10-24-13-16/h1-2,5-8,10,12-13,18H,3-4,9,11,14H2. The maximum atomic E-state index is 13.1. The number of imide groups is 1. The summed E-state index contributed by atoms with van der Waals surface area (Å²) in [5, 5.41) is 0.0506. The average Bonchev–Trinajstić information content (AvgIpc) is 3.03. The van der Waals surface area contributed by atoms with Gasteiger partial charge in [-0.3, -0.25) is 24.3 Å². The van der Waals surface area contributed by atoms with Gasteiger partial charge in [0.05, 0.1) is 10.9 Å². The van der Waals surface area contributed by atoms with E-state index in [0.29, 0.717) is 17.1 Å². The normalized spacial score (nSPS) is 20.8. The minimum absolute atomic E-state index is 0.0847. The number of thioether (sulfide) groups is 1. The molecular formula is C22H20ClN3O3S. The second-order valence-corrected chi connectivity index (χ2v) is 8.57. The lowest BCUT2D eigenvalue weighted by Gasteiger charge is -2.36. The zero-order valence-electron chi connectivity index (χ0n) is 16.2. The number of likely N-dealkylation sites (tertiary alicyclic amines) is 1. The van der Waals surface area contributed by atoms with E-state index < -0.39 is 11.1 Å². The summed E-state index contributed by atoms with van der Waals surface area (Å²) >= 11 is 6.98. The topological polar surface area (TPSA) is 70.6 Å². The lowest BCUT2D eigenvalue weighted by molar-refractivity contribution is -0.138. The van der Waals surface area contributed by atoms with Crippen LogP contribution in [-0.4, -0.2) is 44.9 Å². The Morgan fingerprint density at radius 2 is 2.03 bits per heavy atom. The highest BCUT2D eigenvalue weighted by Gasteiger charge is 2.38. The number of nitrogens with zero attached hydrogens (tertiary/aromatic N) is 3. The first kappa shape index (κ1) is 20.6. The number of hydrogen-bond donors (Lipinski definition) is 0. The van der Waals surface area contributed by atoms with Gasteiger partial charge in [0.1, 0.15) is 6.54 Å². The van der Waals surface area contributed by atoms with Gasteiger partial charge in [0.15, 0.2) is 0 Å². The highest BCUT2D eigenvalue weighted by molar-refractivity contribution is 8.18. The lowest BCUT2D eigenvalue weighted by atomic mass is 9.96. The SMILES string of the molecule is O=C1SC(=Cc2ccccc2Cl)C(=O)N1CC(=O)N1CCCCC1c1cccnc1. The Kier molecular flexibility index (Phi) is 6.20. The number of aromatic nitrogens is 1. The molecule has 3 heterocycles. The highest BCUT2D eigenvalue weighted by Crippen LogP contribution is 2.35. The van der Waals surface area contributed by atoms with Crippen LogP contribution in [0.25, 0.3) is 6.08 Å². The minimum Gasteiger partial charge on any atom is -0.334 e. The van der Waals surface area contributed by atoms with E-state index in [1.54, 1.807) is 47.6 Å². The summed E-state index contributed by atoms with van der Waals surface area (Å²) in [7, 11) is 0. The highest BCUT2D eigenvalue weighted by atomic mass is 35.5. The van der Waals surface area contributed by atoms with Gasteiger partial charge in [-0.05, 0) is 60.4 Å².